The van der Waals surface area contributed by atoms with Gasteiger partial charge < -0.3 is 4.90 Å². The number of nitrogens with zero attached hydrogens (tertiary/aromatic N) is 3. The molecular formula is C17H22ClFN4O2S. The molecule has 1 saturated heterocycles. The van der Waals surface area contributed by atoms with Crippen molar-refractivity contribution in [3.63, 3.8) is 0 Å². The molecule has 2 aromatic rings. The number of halogens is 2. The van der Waals surface area contributed by atoms with Crippen LogP contribution in [-0.2, 0) is 10.0 Å². The average Bonchev–Trinajstić information content (AvgIpc) is 2.54. The molecule has 1 aliphatic rings. The molecule has 0 saturated carbocycles. The van der Waals surface area contributed by atoms with Crippen LogP contribution in [0.4, 0.5) is 10.2 Å². The second-order valence-electron chi connectivity index (χ2n) is 6.25. The molecule has 0 radical (unpaired) electrons. The van der Waals surface area contributed by atoms with Crippen molar-refractivity contribution in [2.75, 3.05) is 18.0 Å². The van der Waals surface area contributed by atoms with Crippen LogP contribution in [0.25, 0.3) is 0 Å². The molecule has 6 nitrogen and oxygen atoms in total. The van der Waals surface area contributed by atoms with Gasteiger partial charge in [0.05, 0.1) is 4.90 Å². The van der Waals surface area contributed by atoms with Crippen molar-refractivity contribution in [3.05, 3.63) is 47.7 Å². The van der Waals surface area contributed by atoms with E-state index >= 15 is 0 Å². The molecular weight excluding hydrogens is 379 g/mol. The van der Waals surface area contributed by atoms with E-state index in [2.05, 4.69) is 19.6 Å². The van der Waals surface area contributed by atoms with Gasteiger partial charge in [0.2, 0.25) is 10.0 Å². The second-order valence-corrected chi connectivity index (χ2v) is 7.97. The van der Waals surface area contributed by atoms with Crippen molar-refractivity contribution in [1.29, 1.82) is 0 Å². The van der Waals surface area contributed by atoms with Gasteiger partial charge in [0.15, 0.2) is 0 Å². The van der Waals surface area contributed by atoms with Crippen molar-refractivity contribution in [2.24, 2.45) is 0 Å². The van der Waals surface area contributed by atoms with Crippen molar-refractivity contribution >= 4 is 28.2 Å². The number of piperidine rings is 1. The Morgan fingerprint density at radius 1 is 1.12 bits per heavy atom. The first-order valence-electron chi connectivity index (χ1n) is 8.18. The Balaban J connectivity index is 0.00000243. The van der Waals surface area contributed by atoms with Gasteiger partial charge in [-0.1, -0.05) is 0 Å². The number of aryl methyl sites for hydroxylation is 2. The van der Waals surface area contributed by atoms with Crippen LogP contribution < -0.4 is 9.62 Å². The lowest BCUT2D eigenvalue weighted by Gasteiger charge is -2.33. The predicted molar refractivity (Wildman–Crippen MR) is 101 cm³/mol. The molecule has 0 aliphatic carbocycles. The first kappa shape index (κ1) is 20.5. The molecule has 1 aliphatic heterocycles. The van der Waals surface area contributed by atoms with Gasteiger partial charge in [-0.05, 0) is 51.0 Å². The van der Waals surface area contributed by atoms with Crippen LogP contribution in [0.3, 0.4) is 0 Å². The summed E-state index contributed by atoms with van der Waals surface area (Å²) in [5.41, 5.74) is 0.918. The number of aromatic nitrogens is 2. The molecule has 142 valence electrons. The van der Waals surface area contributed by atoms with Gasteiger partial charge in [0, 0.05) is 30.9 Å². The minimum atomic E-state index is -3.63. The number of anilines is 1. The first-order chi connectivity index (χ1) is 11.8. The molecule has 1 aromatic carbocycles. The quantitative estimate of drug-likeness (QED) is 0.853. The van der Waals surface area contributed by atoms with Crippen molar-refractivity contribution < 1.29 is 12.8 Å². The Bertz CT molecular complexity index is 833. The van der Waals surface area contributed by atoms with Crippen LogP contribution in [0.15, 0.2) is 35.2 Å². The fourth-order valence-electron chi connectivity index (χ4n) is 2.99. The maximum atomic E-state index is 13.0. The summed E-state index contributed by atoms with van der Waals surface area (Å²) in [5.74, 6) is 1.15. The molecule has 26 heavy (non-hydrogen) atoms. The molecule has 0 bridgehead atoms. The lowest BCUT2D eigenvalue weighted by Crippen LogP contribution is -2.45. The van der Waals surface area contributed by atoms with Gasteiger partial charge in [-0.3, -0.25) is 0 Å². The lowest BCUT2D eigenvalue weighted by molar-refractivity contribution is 0.458. The number of benzene rings is 1. The van der Waals surface area contributed by atoms with Crippen LogP contribution in [0, 0.1) is 19.7 Å². The van der Waals surface area contributed by atoms with E-state index in [-0.39, 0.29) is 23.3 Å². The molecule has 3 rings (SSSR count). The monoisotopic (exact) mass is 400 g/mol. The third-order valence-electron chi connectivity index (χ3n) is 4.22. The number of hydrogen-bond donors (Lipinski definition) is 1. The highest BCUT2D eigenvalue weighted by molar-refractivity contribution is 7.89. The summed E-state index contributed by atoms with van der Waals surface area (Å²) < 4.78 is 40.4. The normalized spacial score (nSPS) is 15.6. The molecule has 0 spiro atoms. The smallest absolute Gasteiger partial charge is 0.240 e. The van der Waals surface area contributed by atoms with E-state index in [4.69, 9.17) is 0 Å². The predicted octanol–water partition coefficient (Wildman–Crippen LogP) is 2.60. The number of rotatable bonds is 4. The van der Waals surface area contributed by atoms with Crippen LogP contribution >= 0.6 is 12.4 Å². The topological polar surface area (TPSA) is 75.2 Å². The van der Waals surface area contributed by atoms with Crippen molar-refractivity contribution in [1.82, 2.24) is 14.7 Å². The zero-order valence-corrected chi connectivity index (χ0v) is 16.3. The Kier molecular flexibility index (Phi) is 6.54. The Morgan fingerprint density at radius 3 is 2.31 bits per heavy atom. The highest BCUT2D eigenvalue weighted by Gasteiger charge is 2.25. The molecule has 0 amide bonds. The standard InChI is InChI=1S/C17H21FN4O2S.ClH/c1-12-11-17(20-13(2)19-12)22-9-7-15(8-10-22)21-25(23,24)16-5-3-14(18)4-6-16;/h3-6,11,15,21H,7-10H2,1-2H3;1H. The van der Waals surface area contributed by atoms with Gasteiger partial charge in [-0.2, -0.15) is 0 Å². The fourth-order valence-corrected chi connectivity index (χ4v) is 4.29. The lowest BCUT2D eigenvalue weighted by atomic mass is 10.1. The van der Waals surface area contributed by atoms with Crippen LogP contribution in [0.5, 0.6) is 0 Å². The van der Waals surface area contributed by atoms with Gasteiger partial charge in [0.1, 0.15) is 17.5 Å². The largest absolute Gasteiger partial charge is 0.356 e. The number of nitrogens with one attached hydrogen (secondary N) is 1. The summed E-state index contributed by atoms with van der Waals surface area (Å²) in [6.45, 7) is 5.22. The average molecular weight is 401 g/mol. The zero-order chi connectivity index (χ0) is 18.0. The third-order valence-corrected chi connectivity index (χ3v) is 5.75. The van der Waals surface area contributed by atoms with E-state index in [0.717, 1.165) is 29.5 Å². The minimum Gasteiger partial charge on any atom is -0.356 e. The van der Waals surface area contributed by atoms with Gasteiger partial charge in [-0.15, -0.1) is 12.4 Å². The molecule has 1 aromatic heterocycles. The van der Waals surface area contributed by atoms with E-state index in [0.29, 0.717) is 25.9 Å². The van der Waals surface area contributed by atoms with Crippen LogP contribution in [0.2, 0.25) is 0 Å². The summed E-state index contributed by atoms with van der Waals surface area (Å²) in [6, 6.07) is 6.65. The van der Waals surface area contributed by atoms with Gasteiger partial charge in [0.25, 0.3) is 0 Å². The number of hydrogen-bond acceptors (Lipinski definition) is 5. The highest BCUT2D eigenvalue weighted by atomic mass is 35.5. The molecule has 9 heteroatoms. The Hall–Kier alpha value is -1.77. The molecule has 0 atom stereocenters. The van der Waals surface area contributed by atoms with Crippen molar-refractivity contribution in [2.45, 2.75) is 37.6 Å². The van der Waals surface area contributed by atoms with E-state index < -0.39 is 15.8 Å². The summed E-state index contributed by atoms with van der Waals surface area (Å²) in [4.78, 5) is 11.0. The van der Waals surface area contributed by atoms with Crippen LogP contribution in [-0.4, -0.2) is 37.5 Å². The third kappa shape index (κ3) is 4.90. The molecule has 1 N–H and O–H groups in total. The van der Waals surface area contributed by atoms with Gasteiger partial charge in [-0.25, -0.2) is 27.5 Å². The Morgan fingerprint density at radius 2 is 1.73 bits per heavy atom. The van der Waals surface area contributed by atoms with E-state index in [1.165, 1.54) is 12.1 Å². The maximum Gasteiger partial charge on any atom is 0.240 e. The van der Waals surface area contributed by atoms with E-state index in [9.17, 15) is 12.8 Å². The van der Waals surface area contributed by atoms with Crippen molar-refractivity contribution in [3.8, 4) is 0 Å². The summed E-state index contributed by atoms with van der Waals surface area (Å²) >= 11 is 0. The summed E-state index contributed by atoms with van der Waals surface area (Å²) in [7, 11) is -3.63. The van der Waals surface area contributed by atoms with E-state index in [1.54, 1.807) is 0 Å². The molecule has 1 fully saturated rings. The fraction of sp³-hybridized carbons (Fsp3) is 0.412. The maximum absolute atomic E-state index is 13.0. The molecule has 2 heterocycles. The van der Waals surface area contributed by atoms with Crippen LogP contribution in [0.1, 0.15) is 24.4 Å². The Labute approximate surface area is 159 Å². The second kappa shape index (κ2) is 8.28. The number of sulfonamides is 1. The highest BCUT2D eigenvalue weighted by Crippen LogP contribution is 2.20. The molecule has 0 unspecified atom stereocenters. The summed E-state index contributed by atoms with van der Waals surface area (Å²) in [5, 5.41) is 0. The minimum absolute atomic E-state index is 0. The summed E-state index contributed by atoms with van der Waals surface area (Å²) in [6.07, 6.45) is 1.37. The zero-order valence-electron chi connectivity index (χ0n) is 14.6. The van der Waals surface area contributed by atoms with E-state index in [1.807, 2.05) is 19.9 Å². The first-order valence-corrected chi connectivity index (χ1v) is 9.67. The SMILES string of the molecule is Cc1cc(N2CCC(NS(=O)(=O)c3ccc(F)cc3)CC2)nc(C)n1.Cl. The van der Waals surface area contributed by atoms with Gasteiger partial charge >= 0.3 is 0 Å².